The van der Waals surface area contributed by atoms with E-state index in [1.54, 1.807) is 0 Å². The zero-order valence-corrected chi connectivity index (χ0v) is 11.7. The maximum absolute atomic E-state index is 13.7. The number of aromatic carboxylic acids is 1. The minimum absolute atomic E-state index is 0.0326. The molecule has 0 spiro atoms. The lowest BCUT2D eigenvalue weighted by Gasteiger charge is -2.20. The van der Waals surface area contributed by atoms with Gasteiger partial charge in [-0.05, 0) is 48.5 Å². The Balaban J connectivity index is 1.95. The molecule has 1 heterocycles. The number of carboxylic acids is 1. The monoisotopic (exact) mass is 297 g/mol. The van der Waals surface area contributed by atoms with E-state index >= 15 is 0 Å². The molecule has 1 aliphatic rings. The number of carboxylic acid groups (broad SMARTS) is 1. The summed E-state index contributed by atoms with van der Waals surface area (Å²) in [6.45, 7) is 0. The van der Waals surface area contributed by atoms with E-state index in [0.29, 0.717) is 12.3 Å². The summed E-state index contributed by atoms with van der Waals surface area (Å²) in [5.41, 5.74) is -0.102. The standard InChI is InChI=1S/C14H16FNO3S/c15-11-8-10(14(18)19)1-2-12(11)16-13(17)7-9-3-5-20-6-4-9/h1-2,8-9H,3-7H2,(H,16,17)(H,18,19). The van der Waals surface area contributed by atoms with Crippen LogP contribution in [0.3, 0.4) is 0 Å². The van der Waals surface area contributed by atoms with Gasteiger partial charge in [-0.25, -0.2) is 9.18 Å². The maximum atomic E-state index is 13.7. The molecule has 0 bridgehead atoms. The Kier molecular flexibility index (Phi) is 5.00. The second kappa shape index (κ2) is 6.74. The summed E-state index contributed by atoms with van der Waals surface area (Å²) >= 11 is 1.89. The number of halogens is 1. The normalized spacial score (nSPS) is 15.8. The van der Waals surface area contributed by atoms with Gasteiger partial charge in [-0.1, -0.05) is 0 Å². The van der Waals surface area contributed by atoms with Gasteiger partial charge in [0.05, 0.1) is 11.3 Å². The fourth-order valence-corrected chi connectivity index (χ4v) is 3.37. The first-order valence-corrected chi connectivity index (χ1v) is 7.62. The molecule has 1 fully saturated rings. The van der Waals surface area contributed by atoms with E-state index < -0.39 is 11.8 Å². The molecule has 1 aliphatic heterocycles. The van der Waals surface area contributed by atoms with Gasteiger partial charge in [0.2, 0.25) is 5.91 Å². The number of rotatable bonds is 4. The molecule has 2 rings (SSSR count). The molecule has 0 unspecified atom stereocenters. The second-order valence-electron chi connectivity index (χ2n) is 4.81. The maximum Gasteiger partial charge on any atom is 0.335 e. The molecule has 0 aromatic heterocycles. The van der Waals surface area contributed by atoms with Crippen LogP contribution in [0.25, 0.3) is 0 Å². The Bertz CT molecular complexity index is 515. The highest BCUT2D eigenvalue weighted by Crippen LogP contribution is 2.26. The summed E-state index contributed by atoms with van der Waals surface area (Å²) < 4.78 is 13.7. The number of anilines is 1. The number of thioether (sulfide) groups is 1. The first-order chi connectivity index (χ1) is 9.56. The van der Waals surface area contributed by atoms with Gasteiger partial charge < -0.3 is 10.4 Å². The number of nitrogens with one attached hydrogen (secondary N) is 1. The van der Waals surface area contributed by atoms with Crippen LogP contribution in [0, 0.1) is 11.7 Å². The van der Waals surface area contributed by atoms with E-state index in [2.05, 4.69) is 5.32 Å². The highest BCUT2D eigenvalue weighted by atomic mass is 32.2. The molecule has 6 heteroatoms. The van der Waals surface area contributed by atoms with Crippen molar-refractivity contribution in [2.45, 2.75) is 19.3 Å². The molecular weight excluding hydrogens is 281 g/mol. The minimum Gasteiger partial charge on any atom is -0.478 e. The van der Waals surface area contributed by atoms with Crippen molar-refractivity contribution in [2.24, 2.45) is 5.92 Å². The van der Waals surface area contributed by atoms with Crippen molar-refractivity contribution < 1.29 is 19.1 Å². The zero-order chi connectivity index (χ0) is 14.5. The fraction of sp³-hybridized carbons (Fsp3) is 0.429. The Morgan fingerprint density at radius 3 is 2.65 bits per heavy atom. The zero-order valence-electron chi connectivity index (χ0n) is 10.9. The predicted molar refractivity (Wildman–Crippen MR) is 76.7 cm³/mol. The summed E-state index contributed by atoms with van der Waals surface area (Å²) in [5, 5.41) is 11.3. The van der Waals surface area contributed by atoms with Gasteiger partial charge in [0.15, 0.2) is 0 Å². The summed E-state index contributed by atoms with van der Waals surface area (Å²) in [4.78, 5) is 22.5. The topological polar surface area (TPSA) is 66.4 Å². The van der Waals surface area contributed by atoms with Crippen LogP contribution >= 0.6 is 11.8 Å². The van der Waals surface area contributed by atoms with Crippen LogP contribution in [-0.4, -0.2) is 28.5 Å². The number of carbonyl (C=O) groups excluding carboxylic acids is 1. The Morgan fingerprint density at radius 2 is 2.05 bits per heavy atom. The van der Waals surface area contributed by atoms with E-state index in [0.717, 1.165) is 30.4 Å². The summed E-state index contributed by atoms with van der Waals surface area (Å²) in [6, 6.07) is 3.47. The lowest BCUT2D eigenvalue weighted by atomic mass is 9.98. The van der Waals surface area contributed by atoms with Crippen molar-refractivity contribution in [3.05, 3.63) is 29.6 Å². The minimum atomic E-state index is -1.19. The molecule has 0 aliphatic carbocycles. The van der Waals surface area contributed by atoms with Crippen molar-refractivity contribution in [3.8, 4) is 0 Å². The average Bonchev–Trinajstić information content (AvgIpc) is 2.42. The van der Waals surface area contributed by atoms with Gasteiger partial charge in [-0.15, -0.1) is 0 Å². The summed E-state index contributed by atoms with van der Waals surface area (Å²) in [5.74, 6) is 0.361. The van der Waals surface area contributed by atoms with Crippen LogP contribution < -0.4 is 5.32 Å². The van der Waals surface area contributed by atoms with Crippen molar-refractivity contribution in [1.82, 2.24) is 0 Å². The van der Waals surface area contributed by atoms with Gasteiger partial charge in [-0.3, -0.25) is 4.79 Å². The van der Waals surface area contributed by atoms with Gasteiger partial charge in [0.25, 0.3) is 0 Å². The van der Waals surface area contributed by atoms with E-state index in [4.69, 9.17) is 5.11 Å². The van der Waals surface area contributed by atoms with Gasteiger partial charge in [-0.2, -0.15) is 11.8 Å². The average molecular weight is 297 g/mol. The van der Waals surface area contributed by atoms with Crippen molar-refractivity contribution >= 4 is 29.3 Å². The Labute approximate surface area is 120 Å². The number of hydrogen-bond donors (Lipinski definition) is 2. The van der Waals surface area contributed by atoms with Crippen LogP contribution in [0.2, 0.25) is 0 Å². The van der Waals surface area contributed by atoms with Gasteiger partial charge >= 0.3 is 5.97 Å². The molecule has 0 atom stereocenters. The van der Waals surface area contributed by atoms with Crippen molar-refractivity contribution in [1.29, 1.82) is 0 Å². The highest BCUT2D eigenvalue weighted by Gasteiger charge is 2.18. The lowest BCUT2D eigenvalue weighted by molar-refractivity contribution is -0.117. The predicted octanol–water partition coefficient (Wildman–Crippen LogP) is 3.00. The van der Waals surface area contributed by atoms with Crippen LogP contribution in [0.1, 0.15) is 29.6 Å². The molecule has 0 saturated carbocycles. The molecule has 108 valence electrons. The summed E-state index contributed by atoms with van der Waals surface area (Å²) in [7, 11) is 0. The molecular formula is C14H16FNO3S. The van der Waals surface area contributed by atoms with Crippen LogP contribution in [0.15, 0.2) is 18.2 Å². The first-order valence-electron chi connectivity index (χ1n) is 6.46. The third kappa shape index (κ3) is 3.96. The van der Waals surface area contributed by atoms with Crippen LogP contribution in [0.5, 0.6) is 0 Å². The molecule has 20 heavy (non-hydrogen) atoms. The van der Waals surface area contributed by atoms with Crippen molar-refractivity contribution in [3.63, 3.8) is 0 Å². The van der Waals surface area contributed by atoms with E-state index in [1.807, 2.05) is 11.8 Å². The van der Waals surface area contributed by atoms with Crippen LogP contribution in [0.4, 0.5) is 10.1 Å². The van der Waals surface area contributed by atoms with Crippen molar-refractivity contribution in [2.75, 3.05) is 16.8 Å². The smallest absolute Gasteiger partial charge is 0.335 e. The molecule has 1 amide bonds. The van der Waals surface area contributed by atoms with Gasteiger partial charge in [0.1, 0.15) is 5.82 Å². The third-order valence-corrected chi connectivity index (χ3v) is 4.35. The largest absolute Gasteiger partial charge is 0.478 e. The number of carbonyl (C=O) groups is 2. The molecule has 4 nitrogen and oxygen atoms in total. The molecule has 2 N–H and O–H groups in total. The summed E-state index contributed by atoms with van der Waals surface area (Å²) in [6.07, 6.45) is 2.41. The highest BCUT2D eigenvalue weighted by molar-refractivity contribution is 7.99. The number of hydrogen-bond acceptors (Lipinski definition) is 3. The van der Waals surface area contributed by atoms with E-state index in [9.17, 15) is 14.0 Å². The Morgan fingerprint density at radius 1 is 1.35 bits per heavy atom. The van der Waals surface area contributed by atoms with E-state index in [-0.39, 0.29) is 17.2 Å². The number of benzene rings is 1. The third-order valence-electron chi connectivity index (χ3n) is 3.31. The van der Waals surface area contributed by atoms with Crippen LogP contribution in [-0.2, 0) is 4.79 Å². The van der Waals surface area contributed by atoms with E-state index in [1.165, 1.54) is 12.1 Å². The lowest BCUT2D eigenvalue weighted by Crippen LogP contribution is -2.20. The molecule has 0 radical (unpaired) electrons. The second-order valence-corrected chi connectivity index (χ2v) is 6.03. The van der Waals surface area contributed by atoms with Gasteiger partial charge in [0, 0.05) is 6.42 Å². The molecule has 1 saturated heterocycles. The Hall–Kier alpha value is -1.56. The fourth-order valence-electron chi connectivity index (χ4n) is 2.16. The first kappa shape index (κ1) is 14.8. The molecule has 1 aromatic carbocycles. The SMILES string of the molecule is O=C(CC1CCSCC1)Nc1ccc(C(=O)O)cc1F. The quantitative estimate of drug-likeness (QED) is 0.896. The number of amides is 1. The molecule has 1 aromatic rings.